The zero-order valence-electron chi connectivity index (χ0n) is 22.2. The van der Waals surface area contributed by atoms with Crippen molar-refractivity contribution in [3.63, 3.8) is 0 Å². The average molecular weight is 538 g/mol. The topological polar surface area (TPSA) is 116 Å². The number of rotatable bonds is 9. The van der Waals surface area contributed by atoms with Gasteiger partial charge in [-0.3, -0.25) is 19.2 Å². The summed E-state index contributed by atoms with van der Waals surface area (Å²) in [7, 11) is 0. The number of hydrogen-bond acceptors (Lipinski definition) is 6. The number of carbonyl (C=O) groups excluding carboxylic acids is 3. The zero-order valence-corrected chi connectivity index (χ0v) is 23.0. The Morgan fingerprint density at radius 2 is 1.92 bits per heavy atom. The number of aliphatic hydroxyl groups excluding tert-OH is 1. The molecule has 1 aromatic heterocycles. The molecule has 2 aliphatic rings. The number of benzene rings is 1. The molecule has 1 saturated carbocycles. The molecule has 0 radical (unpaired) electrons. The molecular formula is C28H35N5O4S. The SMILES string of the molecule is [C-]#[N+]C1(C(=O)N[C@H](C(=O)N2C[C@H](O)C[C@H]2C(=O)N[C@@H](CC)c2ccc(-c3scnc3C)cc2)C(C)C)CC1. The van der Waals surface area contributed by atoms with Gasteiger partial charge in [0.25, 0.3) is 0 Å². The van der Waals surface area contributed by atoms with Crippen LogP contribution in [0.15, 0.2) is 29.8 Å². The molecule has 2 fully saturated rings. The molecule has 3 amide bonds. The highest BCUT2D eigenvalue weighted by atomic mass is 32.1. The Kier molecular flexibility index (Phi) is 8.19. The van der Waals surface area contributed by atoms with Crippen LogP contribution in [-0.4, -0.2) is 63.0 Å². The maximum Gasteiger partial charge on any atom is 0.309 e. The van der Waals surface area contributed by atoms with E-state index in [0.29, 0.717) is 19.3 Å². The fourth-order valence-electron chi connectivity index (χ4n) is 4.92. The molecule has 38 heavy (non-hydrogen) atoms. The van der Waals surface area contributed by atoms with E-state index >= 15 is 0 Å². The third-order valence-corrected chi connectivity index (χ3v) is 8.47. The third kappa shape index (κ3) is 5.59. The van der Waals surface area contributed by atoms with Crippen molar-refractivity contribution in [3.05, 3.63) is 52.5 Å². The summed E-state index contributed by atoms with van der Waals surface area (Å²) < 4.78 is 0. The molecule has 2 aromatic rings. The van der Waals surface area contributed by atoms with Crippen LogP contribution in [0.1, 0.15) is 63.8 Å². The van der Waals surface area contributed by atoms with Gasteiger partial charge in [0.1, 0.15) is 12.1 Å². The van der Waals surface area contributed by atoms with Crippen LogP contribution < -0.4 is 10.6 Å². The summed E-state index contributed by atoms with van der Waals surface area (Å²) in [5.74, 6) is -1.44. The lowest BCUT2D eigenvalue weighted by Crippen LogP contribution is -2.56. The van der Waals surface area contributed by atoms with Gasteiger partial charge in [0.2, 0.25) is 11.8 Å². The van der Waals surface area contributed by atoms with Crippen molar-refractivity contribution in [1.82, 2.24) is 20.5 Å². The molecule has 1 aliphatic carbocycles. The zero-order chi connectivity index (χ0) is 27.6. The molecule has 1 aromatic carbocycles. The highest BCUT2D eigenvalue weighted by molar-refractivity contribution is 7.13. The number of carbonyl (C=O) groups is 3. The maximum absolute atomic E-state index is 13.6. The van der Waals surface area contributed by atoms with Gasteiger partial charge in [-0.05, 0) is 30.4 Å². The summed E-state index contributed by atoms with van der Waals surface area (Å²) in [6.45, 7) is 14.9. The lowest BCUT2D eigenvalue weighted by Gasteiger charge is -2.31. The number of aliphatic hydroxyl groups is 1. The molecule has 4 atom stereocenters. The molecule has 0 spiro atoms. The summed E-state index contributed by atoms with van der Waals surface area (Å²) in [6.07, 6.45) is 0.911. The molecule has 1 aliphatic heterocycles. The Bertz CT molecular complexity index is 1230. The number of nitrogens with zero attached hydrogens (tertiary/aromatic N) is 3. The van der Waals surface area contributed by atoms with Crippen molar-refractivity contribution in [2.24, 2.45) is 5.92 Å². The number of aromatic nitrogens is 1. The average Bonchev–Trinajstić information content (AvgIpc) is 3.44. The molecule has 1 saturated heterocycles. The van der Waals surface area contributed by atoms with Crippen molar-refractivity contribution >= 4 is 29.1 Å². The fraction of sp³-hybridized carbons (Fsp3) is 0.536. The van der Waals surface area contributed by atoms with Crippen molar-refractivity contribution < 1.29 is 19.5 Å². The summed E-state index contributed by atoms with van der Waals surface area (Å²) in [6, 6.07) is 6.03. The van der Waals surface area contributed by atoms with E-state index in [1.165, 1.54) is 4.90 Å². The minimum absolute atomic E-state index is 0.0175. The first kappa shape index (κ1) is 27.7. The Morgan fingerprint density at radius 3 is 2.45 bits per heavy atom. The van der Waals surface area contributed by atoms with Gasteiger partial charge >= 0.3 is 11.4 Å². The minimum Gasteiger partial charge on any atom is -0.391 e. The molecule has 2 heterocycles. The number of likely N-dealkylation sites (tertiary alicyclic amines) is 1. The number of hydrogen-bond donors (Lipinski definition) is 3. The Morgan fingerprint density at radius 1 is 1.24 bits per heavy atom. The van der Waals surface area contributed by atoms with E-state index in [-0.39, 0.29) is 30.8 Å². The van der Waals surface area contributed by atoms with Gasteiger partial charge in [0, 0.05) is 25.8 Å². The fourth-order valence-corrected chi connectivity index (χ4v) is 5.73. The molecule has 4 rings (SSSR count). The maximum atomic E-state index is 13.6. The van der Waals surface area contributed by atoms with Crippen LogP contribution in [0.25, 0.3) is 15.3 Å². The number of aryl methyl sites for hydroxylation is 1. The molecule has 3 N–H and O–H groups in total. The van der Waals surface area contributed by atoms with Crippen LogP contribution in [0.4, 0.5) is 0 Å². The lowest BCUT2D eigenvalue weighted by atomic mass is 10.00. The summed E-state index contributed by atoms with van der Waals surface area (Å²) in [5.41, 5.74) is 3.74. The first-order valence-electron chi connectivity index (χ1n) is 13.1. The Hall–Kier alpha value is -3.29. The van der Waals surface area contributed by atoms with E-state index in [1.807, 2.05) is 57.5 Å². The second-order valence-electron chi connectivity index (χ2n) is 10.6. The van der Waals surface area contributed by atoms with E-state index in [2.05, 4.69) is 20.5 Å². The van der Waals surface area contributed by atoms with Crippen LogP contribution in [-0.2, 0) is 14.4 Å². The van der Waals surface area contributed by atoms with E-state index < -0.39 is 35.5 Å². The van der Waals surface area contributed by atoms with Crippen LogP contribution in [0.3, 0.4) is 0 Å². The smallest absolute Gasteiger partial charge is 0.309 e. The van der Waals surface area contributed by atoms with Gasteiger partial charge in [-0.25, -0.2) is 11.6 Å². The van der Waals surface area contributed by atoms with Crippen LogP contribution in [0.5, 0.6) is 0 Å². The quantitative estimate of drug-likeness (QED) is 0.425. The van der Waals surface area contributed by atoms with E-state index in [4.69, 9.17) is 6.57 Å². The van der Waals surface area contributed by atoms with Gasteiger partial charge in [0.05, 0.1) is 28.2 Å². The summed E-state index contributed by atoms with van der Waals surface area (Å²) in [4.78, 5) is 49.9. The second kappa shape index (κ2) is 11.2. The Labute approximate surface area is 227 Å². The van der Waals surface area contributed by atoms with E-state index in [1.54, 1.807) is 11.3 Å². The molecule has 9 nitrogen and oxygen atoms in total. The van der Waals surface area contributed by atoms with Crippen LogP contribution in [0.2, 0.25) is 0 Å². The molecule has 0 unspecified atom stereocenters. The highest BCUT2D eigenvalue weighted by Gasteiger charge is 2.59. The molecule has 0 bridgehead atoms. The standard InChI is InChI=1S/C28H35N5O4S/c1-6-21(18-7-9-19(10-8-18)24-17(4)30-15-38-24)31-25(35)22-13-20(34)14-33(22)26(36)23(16(2)3)32-27(37)28(29-5)11-12-28/h7-10,15-16,20-23,34H,6,11-14H2,1-4H3,(H,31,35)(H,32,37)/t20-,21+,22+,23+/m1/s1. The normalized spacial score (nSPS) is 21.4. The predicted molar refractivity (Wildman–Crippen MR) is 145 cm³/mol. The monoisotopic (exact) mass is 537 g/mol. The van der Waals surface area contributed by atoms with E-state index in [0.717, 1.165) is 21.7 Å². The third-order valence-electron chi connectivity index (χ3n) is 7.49. The van der Waals surface area contributed by atoms with Crippen molar-refractivity contribution in [2.45, 2.75) is 83.1 Å². The van der Waals surface area contributed by atoms with Gasteiger partial charge in [-0.2, -0.15) is 0 Å². The largest absolute Gasteiger partial charge is 0.391 e. The lowest BCUT2D eigenvalue weighted by molar-refractivity contribution is -0.142. The van der Waals surface area contributed by atoms with Crippen LogP contribution in [0, 0.1) is 19.4 Å². The van der Waals surface area contributed by atoms with Gasteiger partial charge in [0.15, 0.2) is 0 Å². The van der Waals surface area contributed by atoms with Crippen molar-refractivity contribution in [3.8, 4) is 10.4 Å². The number of nitrogens with one attached hydrogen (secondary N) is 2. The number of amides is 3. The van der Waals surface area contributed by atoms with Crippen molar-refractivity contribution in [2.75, 3.05) is 6.54 Å². The van der Waals surface area contributed by atoms with Gasteiger partial charge < -0.3 is 20.6 Å². The van der Waals surface area contributed by atoms with Crippen LogP contribution >= 0.6 is 11.3 Å². The number of β-amino-alcohol motifs (C(OH)–C–C–N with tert-alkyl or cyclic N) is 1. The first-order chi connectivity index (χ1) is 18.1. The summed E-state index contributed by atoms with van der Waals surface area (Å²) >= 11 is 1.58. The predicted octanol–water partition coefficient (Wildman–Crippen LogP) is 3.24. The minimum atomic E-state index is -1.07. The molecule has 10 heteroatoms. The highest BCUT2D eigenvalue weighted by Crippen LogP contribution is 2.40. The van der Waals surface area contributed by atoms with E-state index in [9.17, 15) is 19.5 Å². The van der Waals surface area contributed by atoms with Gasteiger partial charge in [-0.1, -0.05) is 45.0 Å². The number of thiazole rings is 1. The molecular weight excluding hydrogens is 502 g/mol. The van der Waals surface area contributed by atoms with Gasteiger partial charge in [-0.15, -0.1) is 11.3 Å². The first-order valence-corrected chi connectivity index (χ1v) is 14.0. The summed E-state index contributed by atoms with van der Waals surface area (Å²) in [5, 5.41) is 16.2. The molecule has 202 valence electrons. The second-order valence-corrected chi connectivity index (χ2v) is 11.4. The Balaban J connectivity index is 1.47. The van der Waals surface area contributed by atoms with Crippen molar-refractivity contribution in [1.29, 1.82) is 0 Å².